The van der Waals surface area contributed by atoms with Crippen LogP contribution in [0.5, 0.6) is 0 Å². The predicted octanol–water partition coefficient (Wildman–Crippen LogP) is 4.97. The standard InChI is InChI=1S/C18H16ClN3OS/c1-10-7-11(2)9-14(8-10)21-18-22-17(20)16(24-18)15(23)12-3-5-13(19)6-4-12/h3-9H,20H2,1-2H3,(H,21,22). The molecule has 1 aromatic heterocycles. The highest BCUT2D eigenvalue weighted by atomic mass is 35.5. The van der Waals surface area contributed by atoms with Crippen molar-refractivity contribution in [3.8, 4) is 0 Å². The molecule has 0 aliphatic carbocycles. The number of benzene rings is 2. The number of hydrogen-bond acceptors (Lipinski definition) is 5. The van der Waals surface area contributed by atoms with Crippen LogP contribution >= 0.6 is 22.9 Å². The quantitative estimate of drug-likeness (QED) is 0.647. The average molecular weight is 358 g/mol. The number of nitrogens with zero attached hydrogens (tertiary/aromatic N) is 1. The van der Waals surface area contributed by atoms with Crippen LogP contribution in [-0.2, 0) is 0 Å². The van der Waals surface area contributed by atoms with Crippen LogP contribution in [0.3, 0.4) is 0 Å². The van der Waals surface area contributed by atoms with Crippen LogP contribution in [0.2, 0.25) is 5.02 Å². The van der Waals surface area contributed by atoms with Crippen LogP contribution in [0.25, 0.3) is 0 Å². The Bertz CT molecular complexity index is 883. The molecule has 0 bridgehead atoms. The lowest BCUT2D eigenvalue weighted by atomic mass is 10.1. The summed E-state index contributed by atoms with van der Waals surface area (Å²) < 4.78 is 0. The Morgan fingerprint density at radius 1 is 1.12 bits per heavy atom. The van der Waals surface area contributed by atoms with Gasteiger partial charge in [-0.3, -0.25) is 4.79 Å². The molecule has 24 heavy (non-hydrogen) atoms. The number of ketones is 1. The number of hydrogen-bond donors (Lipinski definition) is 2. The molecule has 0 spiro atoms. The van der Waals surface area contributed by atoms with E-state index in [-0.39, 0.29) is 11.6 Å². The topological polar surface area (TPSA) is 68.0 Å². The summed E-state index contributed by atoms with van der Waals surface area (Å²) in [6, 6.07) is 12.9. The zero-order valence-corrected chi connectivity index (χ0v) is 14.8. The number of nitrogens with two attached hydrogens (primary N) is 1. The van der Waals surface area contributed by atoms with Crippen LogP contribution in [0, 0.1) is 13.8 Å². The van der Waals surface area contributed by atoms with Crippen molar-refractivity contribution in [2.24, 2.45) is 0 Å². The van der Waals surface area contributed by atoms with E-state index < -0.39 is 0 Å². The highest BCUT2D eigenvalue weighted by Crippen LogP contribution is 2.30. The summed E-state index contributed by atoms with van der Waals surface area (Å²) in [6.45, 7) is 4.06. The first-order chi connectivity index (χ1) is 11.4. The number of aryl methyl sites for hydroxylation is 2. The zero-order valence-electron chi connectivity index (χ0n) is 13.3. The minimum absolute atomic E-state index is 0.157. The fraction of sp³-hybridized carbons (Fsp3) is 0.111. The van der Waals surface area contributed by atoms with Crippen LogP contribution in [0.4, 0.5) is 16.6 Å². The second-order valence-electron chi connectivity index (χ2n) is 5.57. The second kappa shape index (κ2) is 6.63. The van der Waals surface area contributed by atoms with Gasteiger partial charge in [-0.1, -0.05) is 29.0 Å². The number of nitrogens with one attached hydrogen (secondary N) is 1. The fourth-order valence-corrected chi connectivity index (χ4v) is 3.44. The molecule has 3 rings (SSSR count). The third-order valence-corrected chi connectivity index (χ3v) is 4.68. The minimum atomic E-state index is -0.157. The van der Waals surface area contributed by atoms with E-state index >= 15 is 0 Å². The van der Waals surface area contributed by atoms with Gasteiger partial charge in [-0.2, -0.15) is 0 Å². The van der Waals surface area contributed by atoms with Gasteiger partial charge in [0.2, 0.25) is 5.78 Å². The molecule has 0 aliphatic rings. The normalized spacial score (nSPS) is 10.6. The van der Waals surface area contributed by atoms with Crippen molar-refractivity contribution >= 4 is 45.4 Å². The molecule has 0 radical (unpaired) electrons. The van der Waals surface area contributed by atoms with E-state index in [1.165, 1.54) is 11.3 Å². The summed E-state index contributed by atoms with van der Waals surface area (Å²) in [5, 5.41) is 4.39. The van der Waals surface area contributed by atoms with E-state index in [2.05, 4.69) is 16.4 Å². The number of thiazole rings is 1. The first-order valence-corrected chi connectivity index (χ1v) is 8.54. The molecule has 6 heteroatoms. The Morgan fingerprint density at radius 3 is 2.38 bits per heavy atom. The maximum atomic E-state index is 12.6. The van der Waals surface area contributed by atoms with Gasteiger partial charge in [-0.25, -0.2) is 4.98 Å². The van der Waals surface area contributed by atoms with Gasteiger partial charge in [0, 0.05) is 16.3 Å². The molecule has 0 aliphatic heterocycles. The predicted molar refractivity (Wildman–Crippen MR) is 101 cm³/mol. The molecule has 0 saturated carbocycles. The molecule has 0 fully saturated rings. The molecule has 0 saturated heterocycles. The van der Waals surface area contributed by atoms with Crippen molar-refractivity contribution in [2.45, 2.75) is 13.8 Å². The third-order valence-electron chi connectivity index (χ3n) is 3.44. The smallest absolute Gasteiger partial charge is 0.206 e. The fourth-order valence-electron chi connectivity index (χ4n) is 2.45. The summed E-state index contributed by atoms with van der Waals surface area (Å²) >= 11 is 7.10. The number of carbonyl (C=O) groups excluding carboxylic acids is 1. The van der Waals surface area contributed by atoms with Gasteiger partial charge < -0.3 is 11.1 Å². The largest absolute Gasteiger partial charge is 0.382 e. The number of aromatic nitrogens is 1. The Morgan fingerprint density at radius 2 is 1.75 bits per heavy atom. The number of carbonyl (C=O) groups is 1. The van der Waals surface area contributed by atoms with Crippen molar-refractivity contribution < 1.29 is 4.79 Å². The summed E-state index contributed by atoms with van der Waals surface area (Å²) in [7, 11) is 0. The van der Waals surface area contributed by atoms with Crippen LogP contribution < -0.4 is 11.1 Å². The van der Waals surface area contributed by atoms with E-state index in [0.29, 0.717) is 20.6 Å². The van der Waals surface area contributed by atoms with Crippen molar-refractivity contribution in [3.05, 3.63) is 69.1 Å². The number of halogens is 1. The Labute approximate surface area is 149 Å². The van der Waals surface area contributed by atoms with E-state index in [1.807, 2.05) is 26.0 Å². The Hall–Kier alpha value is -2.37. The molecule has 1 heterocycles. The molecule has 4 nitrogen and oxygen atoms in total. The highest BCUT2D eigenvalue weighted by molar-refractivity contribution is 7.18. The summed E-state index contributed by atoms with van der Waals surface area (Å²) in [4.78, 5) is 17.3. The molecular weight excluding hydrogens is 342 g/mol. The molecule has 0 atom stereocenters. The number of anilines is 3. The van der Waals surface area contributed by atoms with E-state index in [9.17, 15) is 4.79 Å². The van der Waals surface area contributed by atoms with Crippen molar-refractivity contribution in [1.82, 2.24) is 4.98 Å². The number of nitrogen functional groups attached to an aromatic ring is 1. The monoisotopic (exact) mass is 357 g/mol. The molecule has 3 N–H and O–H groups in total. The van der Waals surface area contributed by atoms with Gasteiger partial charge in [-0.05, 0) is 61.4 Å². The summed E-state index contributed by atoms with van der Waals surface area (Å²) in [5.41, 5.74) is 9.70. The Balaban J connectivity index is 1.87. The molecule has 2 aromatic carbocycles. The highest BCUT2D eigenvalue weighted by Gasteiger charge is 2.18. The van der Waals surface area contributed by atoms with Gasteiger partial charge >= 0.3 is 0 Å². The first-order valence-electron chi connectivity index (χ1n) is 7.34. The summed E-state index contributed by atoms with van der Waals surface area (Å²) in [6.07, 6.45) is 0. The van der Waals surface area contributed by atoms with Crippen LogP contribution in [-0.4, -0.2) is 10.8 Å². The first kappa shape index (κ1) is 16.5. The van der Waals surface area contributed by atoms with Crippen molar-refractivity contribution in [2.75, 3.05) is 11.1 Å². The van der Waals surface area contributed by atoms with Crippen molar-refractivity contribution in [3.63, 3.8) is 0 Å². The lowest BCUT2D eigenvalue weighted by molar-refractivity contribution is 0.104. The maximum absolute atomic E-state index is 12.6. The van der Waals surface area contributed by atoms with Crippen LogP contribution in [0.15, 0.2) is 42.5 Å². The lowest BCUT2D eigenvalue weighted by Crippen LogP contribution is -2.02. The van der Waals surface area contributed by atoms with Gasteiger partial charge in [0.05, 0.1) is 0 Å². The second-order valence-corrected chi connectivity index (χ2v) is 7.01. The van der Waals surface area contributed by atoms with Gasteiger partial charge in [0.15, 0.2) is 5.13 Å². The molecule has 3 aromatic rings. The molecule has 122 valence electrons. The lowest BCUT2D eigenvalue weighted by Gasteiger charge is -2.05. The van der Waals surface area contributed by atoms with Crippen LogP contribution in [0.1, 0.15) is 26.4 Å². The Kier molecular flexibility index (Phi) is 4.55. The maximum Gasteiger partial charge on any atom is 0.206 e. The molecular formula is C18H16ClN3OS. The number of rotatable bonds is 4. The summed E-state index contributed by atoms with van der Waals surface area (Å²) in [5.74, 6) is 0.0713. The van der Waals surface area contributed by atoms with E-state index in [1.54, 1.807) is 24.3 Å². The average Bonchev–Trinajstić information content (AvgIpc) is 2.86. The molecule has 0 amide bonds. The third kappa shape index (κ3) is 3.58. The van der Waals surface area contributed by atoms with Gasteiger partial charge in [0.25, 0.3) is 0 Å². The van der Waals surface area contributed by atoms with Gasteiger partial charge in [-0.15, -0.1) is 0 Å². The van der Waals surface area contributed by atoms with Gasteiger partial charge in [0.1, 0.15) is 10.7 Å². The van der Waals surface area contributed by atoms with E-state index in [0.717, 1.165) is 16.8 Å². The van der Waals surface area contributed by atoms with Crippen molar-refractivity contribution in [1.29, 1.82) is 0 Å². The minimum Gasteiger partial charge on any atom is -0.382 e. The zero-order chi connectivity index (χ0) is 17.3. The van der Waals surface area contributed by atoms with E-state index in [4.69, 9.17) is 17.3 Å². The molecule has 0 unspecified atom stereocenters. The SMILES string of the molecule is Cc1cc(C)cc(Nc2nc(N)c(C(=O)c3ccc(Cl)cc3)s2)c1.